The molecule has 5 nitrogen and oxygen atoms in total. The van der Waals surface area contributed by atoms with Gasteiger partial charge in [0.15, 0.2) is 5.75 Å². The molecular weight excluding hydrogens is 234 g/mol. The zero-order chi connectivity index (χ0) is 13.5. The molecule has 0 saturated heterocycles. The fraction of sp³-hybridized carbons (Fsp3) is 0.462. The lowest BCUT2D eigenvalue weighted by molar-refractivity contribution is -0.385. The Morgan fingerprint density at radius 2 is 2.11 bits per heavy atom. The van der Waals surface area contributed by atoms with E-state index < -0.39 is 4.92 Å². The number of carbonyl (C=O) groups is 1. The fourth-order valence-corrected chi connectivity index (χ4v) is 1.69. The number of ketones is 1. The molecule has 0 aliphatic rings. The number of nitro benzene ring substituents is 1. The Morgan fingerprint density at radius 1 is 1.39 bits per heavy atom. The van der Waals surface area contributed by atoms with Crippen molar-refractivity contribution in [2.24, 2.45) is 0 Å². The highest BCUT2D eigenvalue weighted by molar-refractivity contribution is 5.81. The molecule has 0 fully saturated rings. The summed E-state index contributed by atoms with van der Waals surface area (Å²) >= 11 is 0. The van der Waals surface area contributed by atoms with Gasteiger partial charge < -0.3 is 4.74 Å². The van der Waals surface area contributed by atoms with Gasteiger partial charge in [-0.1, -0.05) is 13.0 Å². The molecule has 0 saturated carbocycles. The fourth-order valence-electron chi connectivity index (χ4n) is 1.69. The molecule has 1 rings (SSSR count). The lowest BCUT2D eigenvalue weighted by Gasteiger charge is -2.06. The molecular formula is C13H17NO4. The molecule has 0 bridgehead atoms. The Bertz CT molecular complexity index is 443. The third kappa shape index (κ3) is 3.84. The highest BCUT2D eigenvalue weighted by atomic mass is 16.6. The maximum atomic E-state index is 11.5. The van der Waals surface area contributed by atoms with Gasteiger partial charge in [0.05, 0.1) is 11.5 Å². The monoisotopic (exact) mass is 251 g/mol. The summed E-state index contributed by atoms with van der Waals surface area (Å²) in [5.41, 5.74) is 0.686. The summed E-state index contributed by atoms with van der Waals surface area (Å²) in [7, 11) is 0. The van der Waals surface area contributed by atoms with Gasteiger partial charge in [-0.3, -0.25) is 14.9 Å². The lowest BCUT2D eigenvalue weighted by Crippen LogP contribution is -2.03. The summed E-state index contributed by atoms with van der Waals surface area (Å²) < 4.78 is 5.23. The number of nitro groups is 1. The Morgan fingerprint density at radius 3 is 2.67 bits per heavy atom. The molecule has 0 atom stereocenters. The molecule has 98 valence electrons. The molecule has 0 aliphatic carbocycles. The van der Waals surface area contributed by atoms with Gasteiger partial charge in [-0.25, -0.2) is 0 Å². The minimum Gasteiger partial charge on any atom is -0.487 e. The summed E-state index contributed by atoms with van der Waals surface area (Å²) in [5, 5.41) is 10.8. The van der Waals surface area contributed by atoms with Crippen LogP contribution in [0.3, 0.4) is 0 Å². The van der Waals surface area contributed by atoms with Crippen LogP contribution in [0.2, 0.25) is 0 Å². The maximum Gasteiger partial charge on any atom is 0.310 e. The van der Waals surface area contributed by atoms with Crippen LogP contribution in [0, 0.1) is 10.1 Å². The average molecular weight is 251 g/mol. The molecule has 1 aromatic carbocycles. The first-order valence-electron chi connectivity index (χ1n) is 6.00. The molecule has 0 aliphatic heterocycles. The standard InChI is InChI=1S/C13H17NO4/c1-3-5-11(15)8-10-6-7-12(14(16)17)13(9-10)18-4-2/h6-7,9H,3-5,8H2,1-2H3. The van der Waals surface area contributed by atoms with Gasteiger partial charge in [-0.05, 0) is 25.0 Å². The summed E-state index contributed by atoms with van der Waals surface area (Å²) in [6.07, 6.45) is 1.64. The van der Waals surface area contributed by atoms with Crippen LogP contribution in [0.4, 0.5) is 5.69 Å². The normalized spacial score (nSPS) is 10.1. The van der Waals surface area contributed by atoms with E-state index >= 15 is 0 Å². The number of benzene rings is 1. The number of nitrogens with zero attached hydrogens (tertiary/aromatic N) is 1. The molecule has 0 N–H and O–H groups in total. The largest absolute Gasteiger partial charge is 0.487 e. The van der Waals surface area contributed by atoms with Crippen molar-refractivity contribution in [2.45, 2.75) is 33.1 Å². The first kappa shape index (κ1) is 14.2. The van der Waals surface area contributed by atoms with Crippen LogP contribution in [-0.2, 0) is 11.2 Å². The molecule has 5 heteroatoms. The minimum atomic E-state index is -0.483. The number of hydrogen-bond acceptors (Lipinski definition) is 4. The van der Waals surface area contributed by atoms with Crippen LogP contribution >= 0.6 is 0 Å². The SMILES string of the molecule is CCCC(=O)Cc1ccc([N+](=O)[O-])c(OCC)c1. The summed E-state index contributed by atoms with van der Waals surface area (Å²) in [6, 6.07) is 4.57. The second-order valence-electron chi connectivity index (χ2n) is 3.96. The van der Waals surface area contributed by atoms with Gasteiger partial charge in [0.25, 0.3) is 0 Å². The van der Waals surface area contributed by atoms with Crippen molar-refractivity contribution in [3.8, 4) is 5.75 Å². The topological polar surface area (TPSA) is 69.4 Å². The molecule has 0 spiro atoms. The number of ether oxygens (including phenoxy) is 1. The Hall–Kier alpha value is -1.91. The Balaban J connectivity index is 2.92. The number of hydrogen-bond donors (Lipinski definition) is 0. The van der Waals surface area contributed by atoms with Crippen LogP contribution in [-0.4, -0.2) is 17.3 Å². The van der Waals surface area contributed by atoms with E-state index in [4.69, 9.17) is 4.74 Å². The first-order chi connectivity index (χ1) is 8.58. The van der Waals surface area contributed by atoms with Gasteiger partial charge in [-0.2, -0.15) is 0 Å². The predicted molar refractivity (Wildman–Crippen MR) is 67.9 cm³/mol. The van der Waals surface area contributed by atoms with E-state index in [1.165, 1.54) is 6.07 Å². The molecule has 0 heterocycles. The van der Waals surface area contributed by atoms with Crippen molar-refractivity contribution in [2.75, 3.05) is 6.61 Å². The molecule has 0 amide bonds. The molecule has 0 radical (unpaired) electrons. The highest BCUT2D eigenvalue weighted by Gasteiger charge is 2.16. The van der Waals surface area contributed by atoms with Crippen molar-refractivity contribution in [1.82, 2.24) is 0 Å². The predicted octanol–water partition coefficient (Wildman–Crippen LogP) is 2.91. The van der Waals surface area contributed by atoms with E-state index in [1.54, 1.807) is 19.1 Å². The smallest absolute Gasteiger partial charge is 0.310 e. The summed E-state index contributed by atoms with van der Waals surface area (Å²) in [6.45, 7) is 4.06. The van der Waals surface area contributed by atoms with Crippen LogP contribution in [0.25, 0.3) is 0 Å². The van der Waals surface area contributed by atoms with Crippen molar-refractivity contribution < 1.29 is 14.5 Å². The van der Waals surface area contributed by atoms with Crippen LogP contribution < -0.4 is 4.74 Å². The summed E-state index contributed by atoms with van der Waals surface area (Å²) in [4.78, 5) is 21.8. The van der Waals surface area contributed by atoms with Crippen molar-refractivity contribution >= 4 is 11.5 Å². The van der Waals surface area contributed by atoms with E-state index in [2.05, 4.69) is 0 Å². The average Bonchev–Trinajstić information content (AvgIpc) is 2.29. The molecule has 0 aromatic heterocycles. The van der Waals surface area contributed by atoms with E-state index in [0.717, 1.165) is 12.0 Å². The molecule has 18 heavy (non-hydrogen) atoms. The second-order valence-corrected chi connectivity index (χ2v) is 3.96. The number of rotatable bonds is 7. The molecule has 0 unspecified atom stereocenters. The Labute approximate surface area is 106 Å². The van der Waals surface area contributed by atoms with Crippen molar-refractivity contribution in [3.05, 3.63) is 33.9 Å². The first-order valence-corrected chi connectivity index (χ1v) is 6.00. The quantitative estimate of drug-likeness (QED) is 0.552. The van der Waals surface area contributed by atoms with Crippen molar-refractivity contribution in [1.29, 1.82) is 0 Å². The van der Waals surface area contributed by atoms with Gasteiger partial charge in [0, 0.05) is 18.9 Å². The second kappa shape index (κ2) is 6.74. The Kier molecular flexibility index (Phi) is 5.30. The lowest BCUT2D eigenvalue weighted by atomic mass is 10.1. The van der Waals surface area contributed by atoms with E-state index in [0.29, 0.717) is 19.4 Å². The highest BCUT2D eigenvalue weighted by Crippen LogP contribution is 2.28. The van der Waals surface area contributed by atoms with Crippen LogP contribution in [0.1, 0.15) is 32.3 Å². The molecule has 1 aromatic rings. The zero-order valence-electron chi connectivity index (χ0n) is 10.6. The minimum absolute atomic E-state index is 0.0662. The number of Topliss-reactive ketones (excluding diaryl/α,β-unsaturated/α-hetero) is 1. The van der Waals surface area contributed by atoms with Gasteiger partial charge in [-0.15, -0.1) is 0 Å². The van der Waals surface area contributed by atoms with Crippen LogP contribution in [0.5, 0.6) is 5.75 Å². The van der Waals surface area contributed by atoms with Crippen molar-refractivity contribution in [3.63, 3.8) is 0 Å². The number of carbonyl (C=O) groups excluding carboxylic acids is 1. The third-order valence-corrected chi connectivity index (χ3v) is 2.45. The van der Waals surface area contributed by atoms with Gasteiger partial charge in [0.2, 0.25) is 0 Å². The van der Waals surface area contributed by atoms with Gasteiger partial charge >= 0.3 is 5.69 Å². The van der Waals surface area contributed by atoms with Crippen LogP contribution in [0.15, 0.2) is 18.2 Å². The summed E-state index contributed by atoms with van der Waals surface area (Å²) in [5.74, 6) is 0.359. The maximum absolute atomic E-state index is 11.5. The van der Waals surface area contributed by atoms with E-state index in [-0.39, 0.29) is 17.2 Å². The zero-order valence-corrected chi connectivity index (χ0v) is 10.6. The van der Waals surface area contributed by atoms with Gasteiger partial charge in [0.1, 0.15) is 5.78 Å². The van der Waals surface area contributed by atoms with E-state index in [9.17, 15) is 14.9 Å². The third-order valence-electron chi connectivity index (χ3n) is 2.45. The van der Waals surface area contributed by atoms with E-state index in [1.807, 2.05) is 6.92 Å².